The van der Waals surface area contributed by atoms with E-state index in [2.05, 4.69) is 27.0 Å². The number of hydrogen-bond acceptors (Lipinski definition) is 1. The van der Waals surface area contributed by atoms with Crippen molar-refractivity contribution in [3.05, 3.63) is 0 Å². The molecule has 10 heavy (non-hydrogen) atoms. The van der Waals surface area contributed by atoms with Crippen LogP contribution in [0.2, 0.25) is 0 Å². The van der Waals surface area contributed by atoms with Gasteiger partial charge in [0.25, 0.3) is 0 Å². The van der Waals surface area contributed by atoms with Crippen LogP contribution in [0, 0.1) is 0 Å². The van der Waals surface area contributed by atoms with E-state index in [0.717, 1.165) is 6.42 Å². The van der Waals surface area contributed by atoms with Crippen molar-refractivity contribution in [3.63, 3.8) is 0 Å². The van der Waals surface area contributed by atoms with Gasteiger partial charge in [-0.25, -0.2) is 0 Å². The van der Waals surface area contributed by atoms with Crippen molar-refractivity contribution >= 4 is 28.6 Å². The van der Waals surface area contributed by atoms with Gasteiger partial charge in [0.2, 0.25) is 0 Å². The van der Waals surface area contributed by atoms with Crippen LogP contribution in [0.25, 0.3) is 0 Å². The Morgan fingerprint density at radius 1 is 1.40 bits per heavy atom. The van der Waals surface area contributed by atoms with Crippen molar-refractivity contribution in [2.75, 3.05) is 6.61 Å². The van der Waals surface area contributed by atoms with Gasteiger partial charge in [0.15, 0.2) is 0 Å². The Labute approximate surface area is 68.5 Å². The third-order valence-corrected chi connectivity index (χ3v) is 1.94. The minimum absolute atomic E-state index is 0.0751. The van der Waals surface area contributed by atoms with E-state index in [4.69, 9.17) is 0 Å². The van der Waals surface area contributed by atoms with Crippen molar-refractivity contribution in [1.82, 2.24) is 0 Å². The van der Waals surface area contributed by atoms with E-state index in [1.165, 1.54) is 0 Å². The van der Waals surface area contributed by atoms with E-state index in [0.29, 0.717) is 6.42 Å². The Hall–Kier alpha value is 0.830. The second-order valence-corrected chi connectivity index (χ2v) is 7.32. The Morgan fingerprint density at radius 3 is 2.20 bits per heavy atom. The molecule has 64 valence electrons. The van der Waals surface area contributed by atoms with Crippen molar-refractivity contribution in [2.45, 2.75) is 19.8 Å². The zero-order valence-corrected chi connectivity index (χ0v) is 7.89. The molecule has 0 saturated heterocycles. The summed E-state index contributed by atoms with van der Waals surface area (Å²) in [7, 11) is 0. The summed E-state index contributed by atoms with van der Waals surface area (Å²) in [5.74, 6) is 0. The van der Waals surface area contributed by atoms with Gasteiger partial charge >= 0.3 is 67.9 Å². The van der Waals surface area contributed by atoms with E-state index in [-0.39, 0.29) is 6.61 Å². The quantitative estimate of drug-likeness (QED) is 0.498. The maximum atomic E-state index is 12.2. The molecule has 0 aromatic carbocycles. The molecule has 0 amide bonds. The molecule has 0 atom stereocenters. The molecule has 0 rings (SSSR count). The Balaban J connectivity index is 3.49. The predicted molar refractivity (Wildman–Crippen MR) is 41.7 cm³/mol. The number of halogens is 4. The molecule has 1 nitrogen and oxygen atoms in total. The Bertz CT molecular complexity index is 104. The molecular weight excluding hydrogens is 204 g/mol. The first-order chi connectivity index (χ1) is 4.31. The van der Waals surface area contributed by atoms with Crippen LogP contribution >= 0.6 is 28.6 Å². The summed E-state index contributed by atoms with van der Waals surface area (Å²) in [6.07, 6.45) is -4.38. The van der Waals surface area contributed by atoms with Gasteiger partial charge in [-0.15, -0.1) is 0 Å². The van der Waals surface area contributed by atoms with Crippen LogP contribution in [0.3, 0.4) is 0 Å². The summed E-state index contributed by atoms with van der Waals surface area (Å²) in [6, 6.07) is 0. The van der Waals surface area contributed by atoms with Gasteiger partial charge in [0, 0.05) is 0 Å². The van der Waals surface area contributed by atoms with Crippen LogP contribution in [0.1, 0.15) is 19.8 Å². The van der Waals surface area contributed by atoms with Gasteiger partial charge in [0.05, 0.1) is 0 Å². The standard InChI is InChI=1S/C4H9Cl2F2OP/c1-2-3-4-9-10(5,6,7)8/h2-4H2,1H3. The zero-order chi connectivity index (χ0) is 8.28. The van der Waals surface area contributed by atoms with Crippen molar-refractivity contribution < 1.29 is 12.9 Å². The summed E-state index contributed by atoms with van der Waals surface area (Å²) >= 11 is 9.13. The van der Waals surface area contributed by atoms with Crippen LogP contribution in [0.15, 0.2) is 0 Å². The molecule has 0 spiro atoms. The summed E-state index contributed by atoms with van der Waals surface area (Å²) in [5, 5.41) is 0. The molecule has 0 aliphatic carbocycles. The normalized spacial score (nSPS) is 16.3. The summed E-state index contributed by atoms with van der Waals surface area (Å²) in [4.78, 5) is 0. The summed E-state index contributed by atoms with van der Waals surface area (Å²) in [6.45, 7) is 1.78. The van der Waals surface area contributed by atoms with E-state index in [1.54, 1.807) is 0 Å². The molecule has 0 bridgehead atoms. The third-order valence-electron chi connectivity index (χ3n) is 0.784. The molecule has 0 saturated carbocycles. The van der Waals surface area contributed by atoms with Gasteiger partial charge in [-0.3, -0.25) is 0 Å². The molecule has 0 radical (unpaired) electrons. The fraction of sp³-hybridized carbons (Fsp3) is 1.00. The van der Waals surface area contributed by atoms with Gasteiger partial charge in [-0.1, -0.05) is 0 Å². The first-order valence-electron chi connectivity index (χ1n) is 2.85. The average molecular weight is 213 g/mol. The molecule has 0 fully saturated rings. The first kappa shape index (κ1) is 10.8. The van der Waals surface area contributed by atoms with Gasteiger partial charge in [0.1, 0.15) is 0 Å². The summed E-state index contributed by atoms with van der Waals surface area (Å²) < 4.78 is 28.3. The van der Waals surface area contributed by atoms with E-state index < -0.39 is 6.16 Å². The Kier molecular flexibility index (Phi) is 3.77. The van der Waals surface area contributed by atoms with Crippen molar-refractivity contribution in [2.24, 2.45) is 0 Å². The molecule has 0 aliphatic heterocycles. The fourth-order valence-corrected chi connectivity index (χ4v) is 1.17. The molecule has 6 heteroatoms. The van der Waals surface area contributed by atoms with Crippen LogP contribution in [0.5, 0.6) is 0 Å². The van der Waals surface area contributed by atoms with Gasteiger partial charge in [-0.05, 0) is 0 Å². The first-order valence-corrected chi connectivity index (χ1v) is 6.60. The molecule has 0 aromatic rings. The van der Waals surface area contributed by atoms with Crippen LogP contribution in [-0.2, 0) is 4.52 Å². The molecule has 0 aromatic heterocycles. The van der Waals surface area contributed by atoms with E-state index in [1.807, 2.05) is 6.92 Å². The number of unbranched alkanes of at least 4 members (excludes halogenated alkanes) is 1. The van der Waals surface area contributed by atoms with Crippen LogP contribution in [0.4, 0.5) is 8.39 Å². The zero-order valence-electron chi connectivity index (χ0n) is 5.49. The third kappa shape index (κ3) is 8.83. The predicted octanol–water partition coefficient (Wildman–Crippen LogP) is 4.35. The van der Waals surface area contributed by atoms with Crippen molar-refractivity contribution in [1.29, 1.82) is 0 Å². The second-order valence-electron chi connectivity index (χ2n) is 1.85. The molecule has 0 aliphatic rings. The number of hydrogen-bond donors (Lipinski definition) is 0. The second kappa shape index (κ2) is 3.48. The molecule has 0 N–H and O–H groups in total. The van der Waals surface area contributed by atoms with Gasteiger partial charge in [-0.2, -0.15) is 0 Å². The maximum absolute atomic E-state index is 12.2. The SMILES string of the molecule is CCCCOP(F)(F)(Cl)Cl. The van der Waals surface area contributed by atoms with E-state index in [9.17, 15) is 8.39 Å². The minimum atomic E-state index is -5.70. The fourth-order valence-electron chi connectivity index (χ4n) is 0.347. The number of rotatable bonds is 4. The molecule has 0 heterocycles. The van der Waals surface area contributed by atoms with Crippen LogP contribution < -0.4 is 0 Å². The summed E-state index contributed by atoms with van der Waals surface area (Å²) in [5.41, 5.74) is 0. The Morgan fingerprint density at radius 2 is 1.90 bits per heavy atom. The average Bonchev–Trinajstić information content (AvgIpc) is 1.61. The van der Waals surface area contributed by atoms with E-state index >= 15 is 0 Å². The molecular formula is C4H9Cl2F2OP. The van der Waals surface area contributed by atoms with Gasteiger partial charge < -0.3 is 0 Å². The topological polar surface area (TPSA) is 9.23 Å². The monoisotopic (exact) mass is 212 g/mol. The molecule has 0 unspecified atom stereocenters. The van der Waals surface area contributed by atoms with Crippen LogP contribution in [-0.4, -0.2) is 6.61 Å². The van der Waals surface area contributed by atoms with Crippen molar-refractivity contribution in [3.8, 4) is 0 Å².